The Hall–Kier alpha value is -1.72. The van der Waals surface area contributed by atoms with Gasteiger partial charge in [0, 0.05) is 25.3 Å². The van der Waals surface area contributed by atoms with Crippen LogP contribution in [0.5, 0.6) is 0 Å². The third-order valence-electron chi connectivity index (χ3n) is 5.36. The molecule has 2 fully saturated rings. The van der Waals surface area contributed by atoms with Crippen molar-refractivity contribution in [3.63, 3.8) is 0 Å². The van der Waals surface area contributed by atoms with Crippen molar-refractivity contribution in [2.24, 2.45) is 0 Å². The molecule has 0 spiro atoms. The molecular weight excluding hydrogens is 305 g/mol. The number of halogens is 1. The summed E-state index contributed by atoms with van der Waals surface area (Å²) in [6.45, 7) is 1.36. The number of aliphatic hydroxyl groups is 1. The van der Waals surface area contributed by atoms with E-state index in [1.807, 2.05) is 12.1 Å². The SMILES string of the molecule is O[C@H]1C[C@H](c2ccc(F)cc2)N(Cc2ccn(C3CCCC3)n2)C1. The zero-order chi connectivity index (χ0) is 16.5. The summed E-state index contributed by atoms with van der Waals surface area (Å²) in [5.74, 6) is -0.223. The zero-order valence-electron chi connectivity index (χ0n) is 13.8. The maximum absolute atomic E-state index is 13.2. The van der Waals surface area contributed by atoms with Gasteiger partial charge < -0.3 is 5.11 Å². The lowest BCUT2D eigenvalue weighted by molar-refractivity contribution is 0.172. The van der Waals surface area contributed by atoms with Crippen molar-refractivity contribution >= 4 is 0 Å². The van der Waals surface area contributed by atoms with Gasteiger partial charge in [0.15, 0.2) is 0 Å². The minimum atomic E-state index is -0.336. The quantitative estimate of drug-likeness (QED) is 0.934. The lowest BCUT2D eigenvalue weighted by Crippen LogP contribution is -2.24. The van der Waals surface area contributed by atoms with Crippen molar-refractivity contribution in [1.29, 1.82) is 0 Å². The van der Waals surface area contributed by atoms with Gasteiger partial charge in [0.25, 0.3) is 0 Å². The van der Waals surface area contributed by atoms with Crippen molar-refractivity contribution in [1.82, 2.24) is 14.7 Å². The highest BCUT2D eigenvalue weighted by atomic mass is 19.1. The first-order valence-electron chi connectivity index (χ1n) is 8.90. The van der Waals surface area contributed by atoms with Crippen molar-refractivity contribution in [3.8, 4) is 0 Å². The second kappa shape index (κ2) is 6.65. The number of benzene rings is 1. The highest BCUT2D eigenvalue weighted by Gasteiger charge is 2.32. The van der Waals surface area contributed by atoms with E-state index in [1.54, 1.807) is 0 Å². The van der Waals surface area contributed by atoms with E-state index in [0.29, 0.717) is 19.0 Å². The predicted molar refractivity (Wildman–Crippen MR) is 89.9 cm³/mol. The topological polar surface area (TPSA) is 41.3 Å². The first-order valence-corrected chi connectivity index (χ1v) is 8.90. The third kappa shape index (κ3) is 3.23. The molecule has 4 nitrogen and oxygen atoms in total. The van der Waals surface area contributed by atoms with Gasteiger partial charge in [0.1, 0.15) is 5.82 Å². The monoisotopic (exact) mass is 329 g/mol. The molecule has 128 valence electrons. The lowest BCUT2D eigenvalue weighted by Gasteiger charge is -2.23. The van der Waals surface area contributed by atoms with E-state index in [0.717, 1.165) is 17.8 Å². The Labute approximate surface area is 141 Å². The van der Waals surface area contributed by atoms with E-state index in [1.165, 1.54) is 37.8 Å². The summed E-state index contributed by atoms with van der Waals surface area (Å²) in [6, 6.07) is 9.39. The maximum Gasteiger partial charge on any atom is 0.123 e. The highest BCUT2D eigenvalue weighted by Crippen LogP contribution is 2.34. The number of rotatable bonds is 4. The second-order valence-electron chi connectivity index (χ2n) is 7.11. The van der Waals surface area contributed by atoms with Gasteiger partial charge in [-0.2, -0.15) is 5.10 Å². The number of likely N-dealkylation sites (tertiary alicyclic amines) is 1. The van der Waals surface area contributed by atoms with E-state index >= 15 is 0 Å². The average Bonchev–Trinajstić information content (AvgIpc) is 3.29. The Morgan fingerprint density at radius 3 is 2.62 bits per heavy atom. The number of aromatic nitrogens is 2. The van der Waals surface area contributed by atoms with Crippen LogP contribution in [-0.4, -0.2) is 32.4 Å². The smallest absolute Gasteiger partial charge is 0.123 e. The number of nitrogens with zero attached hydrogens (tertiary/aromatic N) is 3. The van der Waals surface area contributed by atoms with Crippen LogP contribution in [0.4, 0.5) is 4.39 Å². The van der Waals surface area contributed by atoms with E-state index in [-0.39, 0.29) is 18.0 Å². The number of hydrogen-bond acceptors (Lipinski definition) is 3. The molecule has 1 aromatic heterocycles. The van der Waals surface area contributed by atoms with Crippen LogP contribution in [0.25, 0.3) is 0 Å². The lowest BCUT2D eigenvalue weighted by atomic mass is 10.0. The Bertz CT molecular complexity index is 678. The van der Waals surface area contributed by atoms with Crippen LogP contribution < -0.4 is 0 Å². The molecule has 24 heavy (non-hydrogen) atoms. The minimum Gasteiger partial charge on any atom is -0.392 e. The van der Waals surface area contributed by atoms with Crippen LogP contribution in [0, 0.1) is 5.82 Å². The van der Waals surface area contributed by atoms with Crippen molar-refractivity contribution in [2.45, 2.75) is 56.8 Å². The first kappa shape index (κ1) is 15.8. The molecule has 0 radical (unpaired) electrons. The molecule has 1 saturated heterocycles. The van der Waals surface area contributed by atoms with Crippen LogP contribution in [0.15, 0.2) is 36.5 Å². The van der Waals surface area contributed by atoms with Crippen LogP contribution in [0.3, 0.4) is 0 Å². The summed E-state index contributed by atoms with van der Waals surface area (Å²) in [7, 11) is 0. The van der Waals surface area contributed by atoms with Gasteiger partial charge in [-0.3, -0.25) is 9.58 Å². The number of hydrogen-bond donors (Lipinski definition) is 1. The molecular formula is C19H24FN3O. The molecule has 1 aliphatic heterocycles. The zero-order valence-corrected chi connectivity index (χ0v) is 13.8. The molecule has 1 aromatic carbocycles. The van der Waals surface area contributed by atoms with Crippen LogP contribution in [-0.2, 0) is 6.54 Å². The molecule has 1 aliphatic carbocycles. The largest absolute Gasteiger partial charge is 0.392 e. The van der Waals surface area contributed by atoms with Crippen molar-refractivity contribution < 1.29 is 9.50 Å². The number of aliphatic hydroxyl groups excluding tert-OH is 1. The number of β-amino-alcohol motifs (C(OH)–C–C–N with tert-alkyl or cyclic N) is 1. The van der Waals surface area contributed by atoms with Crippen molar-refractivity contribution in [3.05, 3.63) is 53.6 Å². The molecule has 0 bridgehead atoms. The molecule has 4 rings (SSSR count). The fraction of sp³-hybridized carbons (Fsp3) is 0.526. The minimum absolute atomic E-state index is 0.122. The summed E-state index contributed by atoms with van der Waals surface area (Å²) in [4.78, 5) is 2.25. The van der Waals surface area contributed by atoms with Gasteiger partial charge >= 0.3 is 0 Å². The Balaban J connectivity index is 1.48. The van der Waals surface area contributed by atoms with Crippen LogP contribution in [0.2, 0.25) is 0 Å². The highest BCUT2D eigenvalue weighted by molar-refractivity contribution is 5.22. The Kier molecular flexibility index (Phi) is 4.37. The molecule has 0 unspecified atom stereocenters. The Morgan fingerprint density at radius 2 is 1.88 bits per heavy atom. The molecule has 2 aromatic rings. The Morgan fingerprint density at radius 1 is 1.12 bits per heavy atom. The van der Waals surface area contributed by atoms with Gasteiger partial charge in [0.05, 0.1) is 17.8 Å². The molecule has 2 aliphatic rings. The summed E-state index contributed by atoms with van der Waals surface area (Å²) in [5, 5.41) is 14.9. The standard InChI is InChI=1S/C19H24FN3O/c20-15-7-5-14(6-8-15)19-11-18(24)13-22(19)12-16-9-10-23(21-16)17-3-1-2-4-17/h5-10,17-19,24H,1-4,11-13H2/t18-,19+/m0/s1. The van der Waals surface area contributed by atoms with Crippen LogP contribution in [0.1, 0.15) is 55.4 Å². The average molecular weight is 329 g/mol. The molecule has 5 heteroatoms. The summed E-state index contributed by atoms with van der Waals surface area (Å²) >= 11 is 0. The summed E-state index contributed by atoms with van der Waals surface area (Å²) in [6.07, 6.45) is 7.48. The van der Waals surface area contributed by atoms with Gasteiger partial charge in [-0.1, -0.05) is 25.0 Å². The summed E-state index contributed by atoms with van der Waals surface area (Å²) < 4.78 is 15.3. The predicted octanol–water partition coefficient (Wildman–Crippen LogP) is 3.45. The van der Waals surface area contributed by atoms with Crippen molar-refractivity contribution in [2.75, 3.05) is 6.54 Å². The van der Waals surface area contributed by atoms with E-state index in [4.69, 9.17) is 5.10 Å². The first-order chi connectivity index (χ1) is 11.7. The molecule has 1 N–H and O–H groups in total. The molecule has 0 amide bonds. The normalized spacial score (nSPS) is 25.6. The fourth-order valence-corrected chi connectivity index (χ4v) is 4.13. The fourth-order valence-electron chi connectivity index (χ4n) is 4.13. The molecule has 2 heterocycles. The van der Waals surface area contributed by atoms with E-state index in [9.17, 15) is 9.50 Å². The van der Waals surface area contributed by atoms with E-state index < -0.39 is 0 Å². The maximum atomic E-state index is 13.2. The van der Waals surface area contributed by atoms with Gasteiger partial charge in [-0.25, -0.2) is 4.39 Å². The van der Waals surface area contributed by atoms with Gasteiger partial charge in [-0.15, -0.1) is 0 Å². The molecule has 1 saturated carbocycles. The van der Waals surface area contributed by atoms with Gasteiger partial charge in [-0.05, 0) is 43.0 Å². The van der Waals surface area contributed by atoms with E-state index in [2.05, 4.69) is 21.8 Å². The van der Waals surface area contributed by atoms with Gasteiger partial charge in [0.2, 0.25) is 0 Å². The molecule has 2 atom stereocenters. The third-order valence-corrected chi connectivity index (χ3v) is 5.36. The summed E-state index contributed by atoms with van der Waals surface area (Å²) in [5.41, 5.74) is 2.10. The van der Waals surface area contributed by atoms with Crippen LogP contribution >= 0.6 is 0 Å². The second-order valence-corrected chi connectivity index (χ2v) is 7.11.